The molecule has 1 aromatic rings. The normalized spacial score (nSPS) is 11.4. The molecule has 3 nitrogen and oxygen atoms in total. The first-order valence-electron chi connectivity index (χ1n) is 4.09. The minimum atomic E-state index is -3.48. The van der Waals surface area contributed by atoms with Gasteiger partial charge in [-0.1, -0.05) is 18.5 Å². The molecule has 0 aliphatic carbocycles. The Morgan fingerprint density at radius 3 is 2.50 bits per heavy atom. The maximum absolute atomic E-state index is 10.8. The topological polar surface area (TPSA) is 43.4 Å². The fraction of sp³-hybridized carbons (Fsp3) is 0.333. The molecule has 1 aromatic carbocycles. The van der Waals surface area contributed by atoms with Crippen molar-refractivity contribution < 1.29 is 12.6 Å². The average molecular weight is 235 g/mol. The zero-order valence-electron chi connectivity index (χ0n) is 7.95. The molecule has 0 spiro atoms. The molecule has 0 N–H and O–H groups in total. The Bertz CT molecular complexity index is 426. The first-order valence-corrected chi connectivity index (χ1v) is 6.29. The lowest BCUT2D eigenvalue weighted by molar-refractivity contribution is 0.492. The molecule has 14 heavy (non-hydrogen) atoms. The lowest BCUT2D eigenvalue weighted by Crippen LogP contribution is -2.05. The zero-order valence-corrected chi connectivity index (χ0v) is 9.52. The van der Waals surface area contributed by atoms with Crippen molar-refractivity contribution in [3.8, 4) is 5.75 Å². The van der Waals surface area contributed by atoms with Crippen molar-refractivity contribution in [3.63, 3.8) is 0 Å². The van der Waals surface area contributed by atoms with Crippen LogP contribution in [0.5, 0.6) is 5.75 Å². The van der Waals surface area contributed by atoms with Gasteiger partial charge in [-0.3, -0.25) is 0 Å². The molecule has 0 heterocycles. The zero-order chi connectivity index (χ0) is 10.8. The maximum Gasteiger partial charge on any atom is 0.306 e. The summed E-state index contributed by atoms with van der Waals surface area (Å²) in [7, 11) is -3.48. The van der Waals surface area contributed by atoms with Gasteiger partial charge in [0.05, 0.1) is 6.26 Å². The monoisotopic (exact) mass is 234 g/mol. The fourth-order valence-electron chi connectivity index (χ4n) is 1.05. The third-order valence-corrected chi connectivity index (χ3v) is 2.30. The SMILES string of the molecule is CCc1cc(Cl)cc(OS(C)(=O)=O)c1. The standard InChI is InChI=1S/C9H11ClO3S/c1-3-7-4-8(10)6-9(5-7)13-14(2,11)12/h4-6H,3H2,1-2H3. The van der Waals surface area contributed by atoms with Gasteiger partial charge in [-0.05, 0) is 24.1 Å². The predicted molar refractivity (Wildman–Crippen MR) is 56.3 cm³/mol. The fourth-order valence-corrected chi connectivity index (χ4v) is 1.74. The van der Waals surface area contributed by atoms with Gasteiger partial charge in [0.15, 0.2) is 0 Å². The molecule has 0 aliphatic rings. The van der Waals surface area contributed by atoms with E-state index in [0.717, 1.165) is 18.2 Å². The smallest absolute Gasteiger partial charge is 0.306 e. The minimum Gasteiger partial charge on any atom is -0.383 e. The van der Waals surface area contributed by atoms with E-state index in [1.54, 1.807) is 12.1 Å². The summed E-state index contributed by atoms with van der Waals surface area (Å²) in [4.78, 5) is 0. The second-order valence-corrected chi connectivity index (χ2v) is 4.95. The van der Waals surface area contributed by atoms with Gasteiger partial charge in [0.1, 0.15) is 5.75 Å². The first-order chi connectivity index (χ1) is 6.40. The van der Waals surface area contributed by atoms with Crippen molar-refractivity contribution in [1.29, 1.82) is 0 Å². The third-order valence-electron chi connectivity index (χ3n) is 1.59. The highest BCUT2D eigenvalue weighted by Crippen LogP contribution is 2.22. The van der Waals surface area contributed by atoms with Crippen LogP contribution in [0.3, 0.4) is 0 Å². The van der Waals surface area contributed by atoms with E-state index in [4.69, 9.17) is 15.8 Å². The van der Waals surface area contributed by atoms with E-state index in [1.165, 1.54) is 6.07 Å². The average Bonchev–Trinajstić information content (AvgIpc) is 1.99. The van der Waals surface area contributed by atoms with E-state index in [9.17, 15) is 8.42 Å². The van der Waals surface area contributed by atoms with E-state index in [0.29, 0.717) is 5.02 Å². The van der Waals surface area contributed by atoms with Crippen molar-refractivity contribution in [3.05, 3.63) is 28.8 Å². The Kier molecular flexibility index (Phi) is 3.39. The summed E-state index contributed by atoms with van der Waals surface area (Å²) in [5.74, 6) is 0.261. The molecule has 0 fully saturated rings. The number of hydrogen-bond donors (Lipinski definition) is 0. The number of benzene rings is 1. The molecule has 5 heteroatoms. The van der Waals surface area contributed by atoms with E-state index in [1.807, 2.05) is 6.92 Å². The van der Waals surface area contributed by atoms with Crippen molar-refractivity contribution in [1.82, 2.24) is 0 Å². The largest absolute Gasteiger partial charge is 0.383 e. The Hall–Kier alpha value is -0.740. The van der Waals surface area contributed by atoms with E-state index < -0.39 is 10.1 Å². The molecule has 0 amide bonds. The van der Waals surface area contributed by atoms with Crippen LogP contribution in [0, 0.1) is 0 Å². The van der Waals surface area contributed by atoms with Gasteiger partial charge in [0, 0.05) is 11.1 Å². The Labute approximate surface area is 88.8 Å². The highest BCUT2D eigenvalue weighted by atomic mass is 35.5. The van der Waals surface area contributed by atoms with Gasteiger partial charge in [-0.25, -0.2) is 0 Å². The van der Waals surface area contributed by atoms with Crippen LogP contribution in [-0.2, 0) is 16.5 Å². The van der Waals surface area contributed by atoms with Crippen LogP contribution < -0.4 is 4.18 Å². The van der Waals surface area contributed by atoms with Gasteiger partial charge in [-0.15, -0.1) is 0 Å². The number of aryl methyl sites for hydroxylation is 1. The molecule has 0 atom stereocenters. The summed E-state index contributed by atoms with van der Waals surface area (Å²) in [6, 6.07) is 4.91. The van der Waals surface area contributed by atoms with Crippen LogP contribution in [0.25, 0.3) is 0 Å². The molecule has 78 valence electrons. The van der Waals surface area contributed by atoms with E-state index in [-0.39, 0.29) is 5.75 Å². The Balaban J connectivity index is 3.04. The molecular formula is C9H11ClO3S. The molecular weight excluding hydrogens is 224 g/mol. The van der Waals surface area contributed by atoms with Crippen LogP contribution in [0.1, 0.15) is 12.5 Å². The van der Waals surface area contributed by atoms with Crippen LogP contribution in [-0.4, -0.2) is 14.7 Å². The van der Waals surface area contributed by atoms with Gasteiger partial charge >= 0.3 is 10.1 Å². The van der Waals surface area contributed by atoms with Crippen molar-refractivity contribution >= 4 is 21.7 Å². The third kappa shape index (κ3) is 3.55. The van der Waals surface area contributed by atoms with Gasteiger partial charge in [0.2, 0.25) is 0 Å². The summed E-state index contributed by atoms with van der Waals surface area (Å²) in [6.07, 6.45) is 1.78. The number of halogens is 1. The Morgan fingerprint density at radius 1 is 1.36 bits per heavy atom. The summed E-state index contributed by atoms with van der Waals surface area (Å²) in [5, 5.41) is 0.475. The number of rotatable bonds is 3. The molecule has 0 aliphatic heterocycles. The summed E-state index contributed by atoms with van der Waals surface area (Å²) in [5.41, 5.74) is 0.941. The molecule has 0 saturated carbocycles. The lowest BCUT2D eigenvalue weighted by Gasteiger charge is -2.05. The van der Waals surface area contributed by atoms with Crippen molar-refractivity contribution in [2.24, 2.45) is 0 Å². The van der Waals surface area contributed by atoms with Gasteiger partial charge < -0.3 is 4.18 Å². The minimum absolute atomic E-state index is 0.261. The summed E-state index contributed by atoms with van der Waals surface area (Å²) in [6.45, 7) is 1.95. The van der Waals surface area contributed by atoms with Crippen molar-refractivity contribution in [2.75, 3.05) is 6.26 Å². The molecule has 0 radical (unpaired) electrons. The van der Waals surface area contributed by atoms with Crippen LogP contribution in [0.2, 0.25) is 5.02 Å². The molecule has 0 saturated heterocycles. The van der Waals surface area contributed by atoms with Gasteiger partial charge in [-0.2, -0.15) is 8.42 Å². The Morgan fingerprint density at radius 2 is 2.00 bits per heavy atom. The molecule has 1 rings (SSSR count). The lowest BCUT2D eigenvalue weighted by atomic mass is 10.2. The molecule has 0 unspecified atom stereocenters. The highest BCUT2D eigenvalue weighted by molar-refractivity contribution is 7.86. The van der Waals surface area contributed by atoms with Gasteiger partial charge in [0.25, 0.3) is 0 Å². The second kappa shape index (κ2) is 4.19. The van der Waals surface area contributed by atoms with Crippen LogP contribution in [0.4, 0.5) is 0 Å². The number of hydrogen-bond acceptors (Lipinski definition) is 3. The highest BCUT2D eigenvalue weighted by Gasteiger charge is 2.06. The summed E-state index contributed by atoms with van der Waals surface area (Å²) >= 11 is 5.78. The quantitative estimate of drug-likeness (QED) is 0.754. The van der Waals surface area contributed by atoms with Crippen molar-refractivity contribution in [2.45, 2.75) is 13.3 Å². The van der Waals surface area contributed by atoms with Crippen LogP contribution in [0.15, 0.2) is 18.2 Å². The second-order valence-electron chi connectivity index (χ2n) is 2.94. The van der Waals surface area contributed by atoms with E-state index in [2.05, 4.69) is 0 Å². The maximum atomic E-state index is 10.8. The first kappa shape index (κ1) is 11.3. The molecule has 0 aromatic heterocycles. The molecule has 0 bridgehead atoms. The summed E-state index contributed by atoms with van der Waals surface area (Å²) < 4.78 is 26.4. The van der Waals surface area contributed by atoms with Crippen LogP contribution >= 0.6 is 11.6 Å². The van der Waals surface area contributed by atoms with E-state index >= 15 is 0 Å². The predicted octanol–water partition coefficient (Wildman–Crippen LogP) is 2.24.